The van der Waals surface area contributed by atoms with Crippen LogP contribution in [0.4, 0.5) is 0 Å². The zero-order valence-electron chi connectivity index (χ0n) is 13.8. The van der Waals surface area contributed by atoms with Crippen LogP contribution in [0.25, 0.3) is 0 Å². The molecule has 1 aromatic rings. The van der Waals surface area contributed by atoms with Gasteiger partial charge in [0.05, 0.1) is 15.4 Å². The van der Waals surface area contributed by atoms with Crippen molar-refractivity contribution in [3.63, 3.8) is 0 Å². The Morgan fingerprint density at radius 3 is 1.92 bits per heavy atom. The average Bonchev–Trinajstić information content (AvgIpc) is 2.63. The van der Waals surface area contributed by atoms with Crippen LogP contribution in [0.15, 0.2) is 35.2 Å². The van der Waals surface area contributed by atoms with Crippen molar-refractivity contribution in [1.29, 1.82) is 0 Å². The standard InChI is InChI=1S/C17H25NO4S2/c19-23(20,15-7-3-1-4-8-15)16-11-13-18(14-12-16)24(21,22)17-9-5-2-6-10-17/h1,3-4,7-8,16-17H,2,5-6,9-14H2. The number of hydrogen-bond acceptors (Lipinski definition) is 4. The molecule has 0 aromatic heterocycles. The third kappa shape index (κ3) is 3.53. The van der Waals surface area contributed by atoms with Gasteiger partial charge in [0.1, 0.15) is 0 Å². The summed E-state index contributed by atoms with van der Waals surface area (Å²) in [6, 6.07) is 8.45. The molecule has 2 fully saturated rings. The average molecular weight is 372 g/mol. The minimum atomic E-state index is -3.38. The SMILES string of the molecule is O=S(=O)(c1ccccc1)C1CCN(S(=O)(=O)C2CCCCC2)CC1. The van der Waals surface area contributed by atoms with Gasteiger partial charge in [-0.25, -0.2) is 21.1 Å². The number of piperidine rings is 1. The highest BCUT2D eigenvalue weighted by Gasteiger charge is 2.38. The summed E-state index contributed by atoms with van der Waals surface area (Å²) in [7, 11) is -6.66. The van der Waals surface area contributed by atoms with Crippen LogP contribution in [0.2, 0.25) is 0 Å². The highest BCUT2D eigenvalue weighted by Crippen LogP contribution is 2.30. The number of sulfonamides is 1. The molecule has 0 radical (unpaired) electrons. The van der Waals surface area contributed by atoms with Crippen molar-refractivity contribution in [3.8, 4) is 0 Å². The topological polar surface area (TPSA) is 71.5 Å². The maximum absolute atomic E-state index is 12.7. The summed E-state index contributed by atoms with van der Waals surface area (Å²) in [4.78, 5) is 0.332. The van der Waals surface area contributed by atoms with Gasteiger partial charge in [-0.1, -0.05) is 37.5 Å². The number of sulfone groups is 1. The summed E-state index contributed by atoms with van der Waals surface area (Å²) in [5, 5.41) is -0.758. The summed E-state index contributed by atoms with van der Waals surface area (Å²) in [5.74, 6) is 0. The second-order valence-corrected chi connectivity index (χ2v) is 11.2. The molecule has 0 bridgehead atoms. The van der Waals surface area contributed by atoms with E-state index < -0.39 is 25.1 Å². The van der Waals surface area contributed by atoms with Crippen LogP contribution in [0.1, 0.15) is 44.9 Å². The number of nitrogens with zero attached hydrogens (tertiary/aromatic N) is 1. The number of rotatable bonds is 4. The van der Waals surface area contributed by atoms with Gasteiger partial charge in [-0.3, -0.25) is 0 Å². The molecule has 0 spiro atoms. The molecule has 1 aliphatic heterocycles. The largest absolute Gasteiger partial charge is 0.223 e. The fraction of sp³-hybridized carbons (Fsp3) is 0.647. The highest BCUT2D eigenvalue weighted by molar-refractivity contribution is 7.92. The molecule has 1 saturated carbocycles. The predicted molar refractivity (Wildman–Crippen MR) is 94.0 cm³/mol. The first-order valence-corrected chi connectivity index (χ1v) is 11.8. The van der Waals surface area contributed by atoms with Crippen molar-refractivity contribution < 1.29 is 16.8 Å². The molecule has 7 heteroatoms. The third-order valence-electron chi connectivity index (χ3n) is 5.24. The smallest absolute Gasteiger partial charge is 0.216 e. The Morgan fingerprint density at radius 1 is 0.750 bits per heavy atom. The van der Waals surface area contributed by atoms with E-state index in [1.807, 2.05) is 0 Å². The minimum absolute atomic E-state index is 0.270. The van der Waals surface area contributed by atoms with E-state index in [0.29, 0.717) is 30.8 Å². The molecule has 2 aliphatic rings. The fourth-order valence-corrected chi connectivity index (χ4v) is 7.60. The lowest BCUT2D eigenvalue weighted by atomic mass is 10.0. The van der Waals surface area contributed by atoms with Gasteiger partial charge in [-0.15, -0.1) is 0 Å². The molecule has 0 unspecified atom stereocenters. The minimum Gasteiger partial charge on any atom is -0.223 e. The monoisotopic (exact) mass is 371 g/mol. The van der Waals surface area contributed by atoms with E-state index in [9.17, 15) is 16.8 Å². The molecular weight excluding hydrogens is 346 g/mol. The van der Waals surface area contributed by atoms with E-state index in [0.717, 1.165) is 32.1 Å². The Morgan fingerprint density at radius 2 is 1.33 bits per heavy atom. The van der Waals surface area contributed by atoms with E-state index in [-0.39, 0.29) is 5.25 Å². The van der Waals surface area contributed by atoms with E-state index in [1.54, 1.807) is 30.3 Å². The van der Waals surface area contributed by atoms with Crippen LogP contribution in [-0.4, -0.2) is 44.7 Å². The van der Waals surface area contributed by atoms with Gasteiger partial charge in [-0.2, -0.15) is 0 Å². The molecule has 1 saturated heterocycles. The zero-order valence-corrected chi connectivity index (χ0v) is 15.4. The zero-order chi connectivity index (χ0) is 17.2. The Hall–Kier alpha value is -0.920. The summed E-state index contributed by atoms with van der Waals surface area (Å²) >= 11 is 0. The number of benzene rings is 1. The number of hydrogen-bond donors (Lipinski definition) is 0. The summed E-state index contributed by atoms with van der Waals surface area (Å²) in [5.41, 5.74) is 0. The Labute approximate surface area is 145 Å². The van der Waals surface area contributed by atoms with Crippen LogP contribution in [0, 0.1) is 0 Å². The summed E-state index contributed by atoms with van der Waals surface area (Å²) < 4.78 is 52.4. The molecule has 24 heavy (non-hydrogen) atoms. The lowest BCUT2D eigenvalue weighted by molar-refractivity contribution is 0.334. The van der Waals surface area contributed by atoms with E-state index in [2.05, 4.69) is 0 Å². The van der Waals surface area contributed by atoms with Crippen LogP contribution >= 0.6 is 0 Å². The molecule has 1 aliphatic carbocycles. The van der Waals surface area contributed by atoms with Gasteiger partial charge in [0, 0.05) is 13.1 Å². The lowest BCUT2D eigenvalue weighted by Gasteiger charge is -2.34. The first-order valence-electron chi connectivity index (χ1n) is 8.70. The van der Waals surface area contributed by atoms with Crippen molar-refractivity contribution in [2.75, 3.05) is 13.1 Å². The molecule has 1 heterocycles. The first kappa shape index (κ1) is 17.9. The van der Waals surface area contributed by atoms with Gasteiger partial charge in [0.2, 0.25) is 10.0 Å². The van der Waals surface area contributed by atoms with Gasteiger partial charge in [0.15, 0.2) is 9.84 Å². The normalized spacial score (nSPS) is 22.5. The molecule has 134 valence electrons. The maximum atomic E-state index is 12.7. The Balaban J connectivity index is 1.67. The van der Waals surface area contributed by atoms with Gasteiger partial charge in [-0.05, 0) is 37.8 Å². The summed E-state index contributed by atoms with van der Waals surface area (Å²) in [6.07, 6.45) is 5.30. The molecule has 0 N–H and O–H groups in total. The third-order valence-corrected chi connectivity index (χ3v) is 9.92. The molecule has 3 rings (SSSR count). The van der Waals surface area contributed by atoms with Gasteiger partial charge in [0.25, 0.3) is 0 Å². The molecule has 5 nitrogen and oxygen atoms in total. The van der Waals surface area contributed by atoms with E-state index in [4.69, 9.17) is 0 Å². The van der Waals surface area contributed by atoms with E-state index in [1.165, 1.54) is 4.31 Å². The Bertz CT molecular complexity index is 745. The first-order chi connectivity index (χ1) is 11.4. The van der Waals surface area contributed by atoms with E-state index >= 15 is 0 Å². The van der Waals surface area contributed by atoms with Crippen molar-refractivity contribution in [1.82, 2.24) is 4.31 Å². The maximum Gasteiger partial charge on any atom is 0.216 e. The molecular formula is C17H25NO4S2. The van der Waals surface area contributed by atoms with Crippen LogP contribution in [0.3, 0.4) is 0 Å². The van der Waals surface area contributed by atoms with Gasteiger partial charge < -0.3 is 0 Å². The van der Waals surface area contributed by atoms with Crippen LogP contribution in [-0.2, 0) is 19.9 Å². The predicted octanol–water partition coefficient (Wildman–Crippen LogP) is 2.59. The van der Waals surface area contributed by atoms with Gasteiger partial charge >= 0.3 is 0 Å². The Kier molecular flexibility index (Phi) is 5.32. The van der Waals surface area contributed by atoms with Crippen molar-refractivity contribution >= 4 is 19.9 Å². The molecule has 1 aromatic carbocycles. The highest BCUT2D eigenvalue weighted by atomic mass is 32.2. The molecule has 0 atom stereocenters. The second kappa shape index (κ2) is 7.14. The quantitative estimate of drug-likeness (QED) is 0.815. The lowest BCUT2D eigenvalue weighted by Crippen LogP contribution is -2.46. The van der Waals surface area contributed by atoms with Crippen LogP contribution in [0.5, 0.6) is 0 Å². The molecule has 0 amide bonds. The van der Waals surface area contributed by atoms with Crippen molar-refractivity contribution in [3.05, 3.63) is 30.3 Å². The second-order valence-electron chi connectivity index (χ2n) is 6.76. The van der Waals surface area contributed by atoms with Crippen LogP contribution < -0.4 is 0 Å². The summed E-state index contributed by atoms with van der Waals surface area (Å²) in [6.45, 7) is 0.630. The van der Waals surface area contributed by atoms with Crippen molar-refractivity contribution in [2.24, 2.45) is 0 Å². The van der Waals surface area contributed by atoms with Crippen molar-refractivity contribution in [2.45, 2.75) is 60.3 Å². The fourth-order valence-electron chi connectivity index (χ4n) is 3.77.